The summed E-state index contributed by atoms with van der Waals surface area (Å²) in [6.07, 6.45) is 0. The van der Waals surface area contributed by atoms with E-state index < -0.39 is 0 Å². The van der Waals surface area contributed by atoms with Crippen LogP contribution in [0.2, 0.25) is 5.02 Å². The number of para-hydroxylation sites is 1. The third-order valence-electron chi connectivity index (χ3n) is 7.06. The molecule has 0 aliphatic carbocycles. The molecule has 6 aromatic rings. The van der Waals surface area contributed by atoms with Crippen LogP contribution in [0, 0.1) is 24.0 Å². The molecule has 0 saturated heterocycles. The van der Waals surface area contributed by atoms with Gasteiger partial charge in [0.1, 0.15) is 10.8 Å². The number of halogens is 1. The Balaban J connectivity index is 1.36. The van der Waals surface area contributed by atoms with Gasteiger partial charge in [0.05, 0.1) is 33.1 Å². The molecule has 1 aliphatic rings. The lowest BCUT2D eigenvalue weighted by atomic mass is 10.0. The highest BCUT2D eigenvalue weighted by Gasteiger charge is 2.31. The summed E-state index contributed by atoms with van der Waals surface area (Å²) >= 11 is 8.00. The summed E-state index contributed by atoms with van der Waals surface area (Å²) < 4.78 is 4.53. The van der Waals surface area contributed by atoms with E-state index in [0.29, 0.717) is 38.9 Å². The molecule has 3 aromatic carbocycles. The van der Waals surface area contributed by atoms with Crippen molar-refractivity contribution in [3.8, 4) is 16.8 Å². The van der Waals surface area contributed by atoms with Crippen molar-refractivity contribution in [2.24, 2.45) is 0 Å². The second kappa shape index (κ2) is 9.49. The van der Waals surface area contributed by atoms with Crippen LogP contribution in [0.3, 0.4) is 0 Å². The number of aromatic nitrogens is 4. The molecule has 0 spiro atoms. The van der Waals surface area contributed by atoms with Gasteiger partial charge in [-0.25, -0.2) is 0 Å². The quantitative estimate of drug-likeness (QED) is 0.118. The summed E-state index contributed by atoms with van der Waals surface area (Å²) in [5.41, 5.74) is 2.58. The maximum atomic E-state index is 13.4. The number of hydroxylamine groups is 1. The number of thiophene rings is 1. The second-order valence-electron chi connectivity index (χ2n) is 9.45. The van der Waals surface area contributed by atoms with Gasteiger partial charge in [0.15, 0.2) is 0 Å². The average molecular weight is 562 g/mol. The van der Waals surface area contributed by atoms with Gasteiger partial charge in [-0.2, -0.15) is 4.74 Å². The monoisotopic (exact) mass is 561 g/mol. The smallest absolute Gasteiger partial charge is 0.259 e. The average Bonchev–Trinajstić information content (AvgIpc) is 3.51. The molecule has 3 aromatic heterocycles. The molecule has 0 N–H and O–H groups in total. The molecule has 9 heteroatoms. The zero-order valence-electron chi connectivity index (χ0n) is 21.3. The van der Waals surface area contributed by atoms with Crippen molar-refractivity contribution in [3.63, 3.8) is 0 Å². The number of aryl methyl sites for hydroxylation is 1. The normalized spacial score (nSPS) is 12.7. The van der Waals surface area contributed by atoms with E-state index in [1.54, 1.807) is 10.6 Å². The van der Waals surface area contributed by atoms with E-state index >= 15 is 0 Å². The molecule has 194 valence electrons. The first-order valence-electron chi connectivity index (χ1n) is 12.6. The van der Waals surface area contributed by atoms with Gasteiger partial charge in [-0.15, -0.1) is 21.5 Å². The van der Waals surface area contributed by atoms with E-state index in [1.165, 1.54) is 11.3 Å². The lowest BCUT2D eigenvalue weighted by Gasteiger charge is -2.10. The van der Waals surface area contributed by atoms with E-state index in [0.717, 1.165) is 30.9 Å². The Morgan fingerprint density at radius 1 is 0.975 bits per heavy atom. The molecule has 1 aliphatic heterocycles. The van der Waals surface area contributed by atoms with Crippen molar-refractivity contribution in [2.75, 3.05) is 0 Å². The van der Waals surface area contributed by atoms with Gasteiger partial charge < -0.3 is 5.21 Å². The third kappa shape index (κ3) is 3.82. The predicted octanol–water partition coefficient (Wildman–Crippen LogP) is 5.67. The number of hydrogen-bond acceptors (Lipinski definition) is 5. The lowest BCUT2D eigenvalue weighted by Crippen LogP contribution is -2.20. The predicted molar refractivity (Wildman–Crippen MR) is 159 cm³/mol. The van der Waals surface area contributed by atoms with Crippen molar-refractivity contribution in [2.45, 2.75) is 20.0 Å². The Kier molecular flexibility index (Phi) is 5.77. The Hall–Kier alpha value is -4.71. The molecule has 7 rings (SSSR count). The van der Waals surface area contributed by atoms with E-state index in [1.807, 2.05) is 84.3 Å². The fourth-order valence-corrected chi connectivity index (χ4v) is 6.61. The molecule has 0 atom stereocenters. The highest BCUT2D eigenvalue weighted by Crippen LogP contribution is 2.34. The highest BCUT2D eigenvalue weighted by atomic mass is 35.5. The first-order chi connectivity index (χ1) is 19.5. The molecule has 40 heavy (non-hydrogen) atoms. The van der Waals surface area contributed by atoms with Gasteiger partial charge in [0.25, 0.3) is 5.56 Å². The molecule has 0 saturated carbocycles. The van der Waals surface area contributed by atoms with E-state index in [9.17, 15) is 10.0 Å². The maximum Gasteiger partial charge on any atom is 0.259 e. The Labute approximate surface area is 237 Å². The van der Waals surface area contributed by atoms with Crippen LogP contribution < -0.4 is 5.56 Å². The van der Waals surface area contributed by atoms with Gasteiger partial charge >= 0.3 is 0 Å². The van der Waals surface area contributed by atoms with Crippen LogP contribution in [0.15, 0.2) is 83.7 Å². The number of rotatable bonds is 2. The Bertz CT molecular complexity index is 2140. The third-order valence-corrected chi connectivity index (χ3v) is 8.43. The zero-order valence-corrected chi connectivity index (χ0v) is 22.8. The summed E-state index contributed by atoms with van der Waals surface area (Å²) in [6, 6.07) is 24.7. The molecule has 0 radical (unpaired) electrons. The largest absolute Gasteiger partial charge is 0.623 e. The second-order valence-corrected chi connectivity index (χ2v) is 10.9. The van der Waals surface area contributed by atoms with Gasteiger partial charge in [-0.3, -0.25) is 13.9 Å². The van der Waals surface area contributed by atoms with Crippen molar-refractivity contribution >= 4 is 50.3 Å². The minimum atomic E-state index is -0.0772. The standard InChI is InChI=1S/C31H20ClN5O2S/c1-19-33-34-28-18-36(39)29(24-13-4-6-14-26(24)32)25-17-20(40-31(25)37(19)28)9-8-16-35-27-15-7-5-11-22(27)21-10-2-3-12-23(21)30(35)38/h2-7,10-15,17H,16,18H2,1H3. The van der Waals surface area contributed by atoms with E-state index in [4.69, 9.17) is 11.6 Å². The Morgan fingerprint density at radius 2 is 1.70 bits per heavy atom. The van der Waals surface area contributed by atoms with Crippen LogP contribution in [0.4, 0.5) is 0 Å². The summed E-state index contributed by atoms with van der Waals surface area (Å²) in [6.45, 7) is 2.12. The van der Waals surface area contributed by atoms with E-state index in [2.05, 4.69) is 22.0 Å². The number of fused-ring (bicyclic) bond motifs is 6. The van der Waals surface area contributed by atoms with Crippen LogP contribution in [0.5, 0.6) is 0 Å². The van der Waals surface area contributed by atoms with Crippen molar-refractivity contribution in [1.29, 1.82) is 0 Å². The lowest BCUT2D eigenvalue weighted by molar-refractivity contribution is -0.475. The fraction of sp³-hybridized carbons (Fsp3) is 0.0968. The number of pyridine rings is 1. The molecule has 0 unspecified atom stereocenters. The summed E-state index contributed by atoms with van der Waals surface area (Å²) in [4.78, 5) is 14.2. The van der Waals surface area contributed by atoms with Gasteiger partial charge in [0, 0.05) is 10.8 Å². The summed E-state index contributed by atoms with van der Waals surface area (Å²) in [7, 11) is 0. The summed E-state index contributed by atoms with van der Waals surface area (Å²) in [5, 5.41) is 25.8. The van der Waals surface area contributed by atoms with Gasteiger partial charge in [0.2, 0.25) is 18.1 Å². The van der Waals surface area contributed by atoms with Crippen LogP contribution in [0.25, 0.3) is 26.7 Å². The van der Waals surface area contributed by atoms with E-state index in [-0.39, 0.29) is 18.6 Å². The molecule has 0 bridgehead atoms. The van der Waals surface area contributed by atoms with Gasteiger partial charge in [-0.05, 0) is 42.6 Å². The number of nitrogens with zero attached hydrogens (tertiary/aromatic N) is 5. The molecule has 0 amide bonds. The minimum absolute atomic E-state index is 0.0434. The Morgan fingerprint density at radius 3 is 2.52 bits per heavy atom. The van der Waals surface area contributed by atoms with Crippen molar-refractivity contribution in [1.82, 2.24) is 19.3 Å². The SMILES string of the molecule is Cc1nnc2n1-c1sc(C#CCn3c(=O)c4ccccc4c4ccccc43)cc1C(c1ccccc1Cl)=[N+]([O-])C2. The molecular weight excluding hydrogens is 542 g/mol. The fourth-order valence-electron chi connectivity index (χ4n) is 5.28. The molecule has 4 heterocycles. The highest BCUT2D eigenvalue weighted by molar-refractivity contribution is 7.15. The minimum Gasteiger partial charge on any atom is -0.623 e. The van der Waals surface area contributed by atoms with Crippen LogP contribution in [-0.2, 0) is 13.1 Å². The zero-order chi connectivity index (χ0) is 27.4. The van der Waals surface area contributed by atoms with Crippen molar-refractivity contribution < 1.29 is 4.74 Å². The number of benzene rings is 3. The van der Waals surface area contributed by atoms with Crippen LogP contribution in [0.1, 0.15) is 27.7 Å². The van der Waals surface area contributed by atoms with Crippen molar-refractivity contribution in [3.05, 3.63) is 127 Å². The topological polar surface area (TPSA) is 78.8 Å². The first-order valence-corrected chi connectivity index (χ1v) is 13.8. The molecule has 7 nitrogen and oxygen atoms in total. The number of hydrogen-bond donors (Lipinski definition) is 0. The maximum absolute atomic E-state index is 13.4. The summed E-state index contributed by atoms with van der Waals surface area (Å²) in [5.74, 6) is 7.68. The van der Waals surface area contributed by atoms with Crippen LogP contribution >= 0.6 is 22.9 Å². The van der Waals surface area contributed by atoms with Gasteiger partial charge in [-0.1, -0.05) is 72.0 Å². The molecular formula is C31H20ClN5O2S. The van der Waals surface area contributed by atoms with Crippen LogP contribution in [-0.4, -0.2) is 29.8 Å². The first kappa shape index (κ1) is 24.3. The molecule has 0 fully saturated rings.